The molecule has 0 atom stereocenters. The van der Waals surface area contributed by atoms with Crippen molar-refractivity contribution in [2.24, 2.45) is 0 Å². The highest BCUT2D eigenvalue weighted by atomic mass is 16.3. The Labute approximate surface area is 236 Å². The molecule has 41 heavy (non-hydrogen) atoms. The molecule has 0 saturated heterocycles. The Morgan fingerprint density at radius 3 is 1.98 bits per heavy atom. The van der Waals surface area contributed by atoms with Crippen LogP contribution in [0.5, 0.6) is 0 Å². The number of hydrogen-bond donors (Lipinski definition) is 0. The van der Waals surface area contributed by atoms with Gasteiger partial charge in [0.1, 0.15) is 11.2 Å². The minimum Gasteiger partial charge on any atom is -0.456 e. The van der Waals surface area contributed by atoms with Gasteiger partial charge in [0, 0.05) is 32.5 Å². The van der Waals surface area contributed by atoms with E-state index in [1.807, 2.05) is 12.1 Å². The smallest absolute Gasteiger partial charge is 0.136 e. The number of pyridine rings is 1. The van der Waals surface area contributed by atoms with Crippen LogP contribution >= 0.6 is 0 Å². The van der Waals surface area contributed by atoms with Crippen molar-refractivity contribution < 1.29 is 4.42 Å². The molecule has 0 aliphatic carbocycles. The molecule has 9 rings (SSSR count). The summed E-state index contributed by atoms with van der Waals surface area (Å²) < 4.78 is 6.30. The number of benzene rings is 7. The first-order valence-corrected chi connectivity index (χ1v) is 14.0. The van der Waals surface area contributed by atoms with E-state index >= 15 is 0 Å². The first-order valence-electron chi connectivity index (χ1n) is 14.0. The maximum absolute atomic E-state index is 6.30. The fourth-order valence-electron chi connectivity index (χ4n) is 6.49. The Bertz CT molecular complexity index is 2470. The third-order valence-electron chi connectivity index (χ3n) is 8.43. The van der Waals surface area contributed by atoms with Crippen LogP contribution in [0, 0.1) is 0 Å². The van der Waals surface area contributed by atoms with Crippen LogP contribution in [0.15, 0.2) is 144 Å². The molecule has 0 aliphatic heterocycles. The van der Waals surface area contributed by atoms with Crippen LogP contribution in [0.3, 0.4) is 0 Å². The van der Waals surface area contributed by atoms with Gasteiger partial charge in [0.25, 0.3) is 0 Å². The predicted molar refractivity (Wildman–Crippen MR) is 172 cm³/mol. The molecule has 0 fully saturated rings. The highest BCUT2D eigenvalue weighted by Crippen LogP contribution is 2.42. The molecule has 9 aromatic rings. The molecule has 7 aromatic carbocycles. The molecule has 0 saturated carbocycles. The summed E-state index contributed by atoms with van der Waals surface area (Å²) in [5, 5.41) is 10.8. The zero-order valence-electron chi connectivity index (χ0n) is 22.1. The van der Waals surface area contributed by atoms with Crippen molar-refractivity contribution in [3.63, 3.8) is 0 Å². The number of hydrogen-bond acceptors (Lipinski definition) is 2. The molecule has 2 nitrogen and oxygen atoms in total. The van der Waals surface area contributed by atoms with Crippen molar-refractivity contribution in [1.29, 1.82) is 0 Å². The van der Waals surface area contributed by atoms with Crippen molar-refractivity contribution in [2.45, 2.75) is 0 Å². The molecule has 0 spiro atoms. The SMILES string of the molecule is c1ccc(-c2nc3cc(-c4ccc5ccc6ccccc6c5c4)ccc3c3c2ccc2oc4ccccc4c23)cc1. The fourth-order valence-corrected chi connectivity index (χ4v) is 6.49. The first-order chi connectivity index (χ1) is 20.3. The van der Waals surface area contributed by atoms with Crippen molar-refractivity contribution in [3.8, 4) is 22.4 Å². The molecule has 0 bridgehead atoms. The normalized spacial score (nSPS) is 11.9. The summed E-state index contributed by atoms with van der Waals surface area (Å²) in [6.45, 7) is 0. The summed E-state index contributed by atoms with van der Waals surface area (Å²) >= 11 is 0. The first kappa shape index (κ1) is 22.4. The maximum Gasteiger partial charge on any atom is 0.136 e. The van der Waals surface area contributed by atoms with Crippen LogP contribution in [-0.2, 0) is 0 Å². The van der Waals surface area contributed by atoms with Gasteiger partial charge in [-0.2, -0.15) is 0 Å². The molecular formula is C39H23NO. The summed E-state index contributed by atoms with van der Waals surface area (Å²) in [7, 11) is 0. The van der Waals surface area contributed by atoms with E-state index in [1.165, 1.54) is 32.5 Å². The van der Waals surface area contributed by atoms with E-state index in [0.29, 0.717) is 0 Å². The van der Waals surface area contributed by atoms with Gasteiger partial charge in [-0.15, -0.1) is 0 Å². The van der Waals surface area contributed by atoms with E-state index in [9.17, 15) is 0 Å². The maximum atomic E-state index is 6.30. The topological polar surface area (TPSA) is 26.0 Å². The Morgan fingerprint density at radius 2 is 1.07 bits per heavy atom. The van der Waals surface area contributed by atoms with Crippen LogP contribution < -0.4 is 0 Å². The van der Waals surface area contributed by atoms with Crippen LogP contribution in [0.4, 0.5) is 0 Å². The molecule has 2 aromatic heterocycles. The molecule has 2 heteroatoms. The van der Waals surface area contributed by atoms with Gasteiger partial charge in [-0.3, -0.25) is 0 Å². The average molecular weight is 522 g/mol. The van der Waals surface area contributed by atoms with Crippen LogP contribution in [-0.4, -0.2) is 4.98 Å². The lowest BCUT2D eigenvalue weighted by atomic mass is 9.93. The minimum absolute atomic E-state index is 0.899. The second kappa shape index (κ2) is 8.51. The minimum atomic E-state index is 0.899. The van der Waals surface area contributed by atoms with Crippen molar-refractivity contribution in [2.75, 3.05) is 0 Å². The van der Waals surface area contributed by atoms with Gasteiger partial charge in [-0.25, -0.2) is 4.98 Å². The second-order valence-corrected chi connectivity index (χ2v) is 10.7. The number of nitrogens with zero attached hydrogens (tertiary/aromatic N) is 1. The van der Waals surface area contributed by atoms with Crippen LogP contribution in [0.2, 0.25) is 0 Å². The Morgan fingerprint density at radius 1 is 0.390 bits per heavy atom. The zero-order chi connectivity index (χ0) is 26.9. The van der Waals surface area contributed by atoms with E-state index in [-0.39, 0.29) is 0 Å². The summed E-state index contributed by atoms with van der Waals surface area (Å²) in [6.07, 6.45) is 0. The number of rotatable bonds is 2. The standard InChI is InChI=1S/C39H23NO/c1-2-9-26(10-3-1)39-32-20-21-36-38(31-12-6-7-13-35(31)41-36)37(32)30-19-18-28(23-34(30)40-39)27-17-16-25-15-14-24-8-4-5-11-29(24)33(25)22-27/h1-23H. The van der Waals surface area contributed by atoms with Crippen molar-refractivity contribution >= 4 is 65.2 Å². The number of para-hydroxylation sites is 1. The monoisotopic (exact) mass is 521 g/mol. The molecule has 0 aliphatic rings. The van der Waals surface area contributed by atoms with E-state index in [2.05, 4.69) is 127 Å². The van der Waals surface area contributed by atoms with Gasteiger partial charge < -0.3 is 4.42 Å². The molecule has 0 amide bonds. The summed E-state index contributed by atoms with van der Waals surface area (Å²) in [5.41, 5.74) is 7.21. The third-order valence-corrected chi connectivity index (χ3v) is 8.43. The summed E-state index contributed by atoms with van der Waals surface area (Å²) in [4.78, 5) is 5.31. The predicted octanol–water partition coefficient (Wildman–Crippen LogP) is 10.9. The third kappa shape index (κ3) is 3.34. The van der Waals surface area contributed by atoms with Crippen molar-refractivity contribution in [1.82, 2.24) is 4.98 Å². The highest BCUT2D eigenvalue weighted by molar-refractivity contribution is 6.28. The second-order valence-electron chi connectivity index (χ2n) is 10.7. The molecule has 2 heterocycles. The molecule has 0 N–H and O–H groups in total. The van der Waals surface area contributed by atoms with Gasteiger partial charge in [0.2, 0.25) is 0 Å². The van der Waals surface area contributed by atoms with Gasteiger partial charge in [0.05, 0.1) is 11.2 Å². The van der Waals surface area contributed by atoms with Gasteiger partial charge in [-0.05, 0) is 63.0 Å². The molecule has 0 unspecified atom stereocenters. The number of furan rings is 1. The molecule has 0 radical (unpaired) electrons. The quantitative estimate of drug-likeness (QED) is 0.211. The summed E-state index contributed by atoms with van der Waals surface area (Å²) in [5.74, 6) is 0. The average Bonchev–Trinajstić information content (AvgIpc) is 3.43. The fraction of sp³-hybridized carbons (Fsp3) is 0. The zero-order valence-corrected chi connectivity index (χ0v) is 22.1. The van der Waals surface area contributed by atoms with Crippen molar-refractivity contribution in [3.05, 3.63) is 140 Å². The molecule has 190 valence electrons. The highest BCUT2D eigenvalue weighted by Gasteiger charge is 2.17. The lowest BCUT2D eigenvalue weighted by Crippen LogP contribution is -1.91. The van der Waals surface area contributed by atoms with E-state index in [1.54, 1.807) is 0 Å². The lowest BCUT2D eigenvalue weighted by Gasteiger charge is -2.13. The number of aromatic nitrogens is 1. The Kier molecular flexibility index (Phi) is 4.64. The summed E-state index contributed by atoms with van der Waals surface area (Å²) in [6, 6.07) is 49.6. The van der Waals surface area contributed by atoms with Crippen LogP contribution in [0.1, 0.15) is 0 Å². The van der Waals surface area contributed by atoms with Crippen LogP contribution in [0.25, 0.3) is 87.5 Å². The Hall–Kier alpha value is -5.47. The van der Waals surface area contributed by atoms with Gasteiger partial charge >= 0.3 is 0 Å². The Balaban J connectivity index is 1.37. The molecular weight excluding hydrogens is 498 g/mol. The number of fused-ring (bicyclic) bond motifs is 10. The van der Waals surface area contributed by atoms with Gasteiger partial charge in [-0.1, -0.05) is 109 Å². The van der Waals surface area contributed by atoms with E-state index < -0.39 is 0 Å². The largest absolute Gasteiger partial charge is 0.456 e. The van der Waals surface area contributed by atoms with Gasteiger partial charge in [0.15, 0.2) is 0 Å². The lowest BCUT2D eigenvalue weighted by molar-refractivity contribution is 0.669. The van der Waals surface area contributed by atoms with E-state index in [0.717, 1.165) is 55.0 Å². The van der Waals surface area contributed by atoms with E-state index in [4.69, 9.17) is 9.40 Å².